The van der Waals surface area contributed by atoms with Crippen LogP contribution in [0.25, 0.3) is 0 Å². The summed E-state index contributed by atoms with van der Waals surface area (Å²) in [5.74, 6) is 0.647. The van der Waals surface area contributed by atoms with Crippen molar-refractivity contribution in [2.75, 3.05) is 18.6 Å². The second kappa shape index (κ2) is 13.2. The molecule has 3 rings (SSSR count). The molecule has 0 spiro atoms. The van der Waals surface area contributed by atoms with Crippen LogP contribution in [0.3, 0.4) is 0 Å². The lowest BCUT2D eigenvalue weighted by Crippen LogP contribution is -2.41. The number of amides is 2. The van der Waals surface area contributed by atoms with Crippen molar-refractivity contribution < 1.29 is 14.3 Å². The Hall–Kier alpha value is -3.23. The largest absolute Gasteiger partial charge is 0.492 e. The molecule has 6 nitrogen and oxygen atoms in total. The van der Waals surface area contributed by atoms with Crippen molar-refractivity contribution in [3.63, 3.8) is 0 Å². The number of para-hydroxylation sites is 1. The van der Waals surface area contributed by atoms with E-state index in [9.17, 15) is 9.59 Å². The summed E-state index contributed by atoms with van der Waals surface area (Å²) in [7, 11) is 1.72. The van der Waals surface area contributed by atoms with Gasteiger partial charge in [0.2, 0.25) is 0 Å². The molecule has 0 unspecified atom stereocenters. The van der Waals surface area contributed by atoms with Gasteiger partial charge in [0.05, 0.1) is 22.3 Å². The molecule has 2 N–H and O–H groups in total. The second-order valence-corrected chi connectivity index (χ2v) is 9.92. The minimum atomic E-state index is -0.354. The maximum atomic E-state index is 12.9. The Kier molecular flexibility index (Phi) is 10.0. The molecule has 2 amide bonds. The topological polar surface area (TPSA) is 70.7 Å². The third-order valence-electron chi connectivity index (χ3n) is 5.48. The van der Waals surface area contributed by atoms with Crippen molar-refractivity contribution in [2.45, 2.75) is 26.8 Å². The van der Waals surface area contributed by atoms with Gasteiger partial charge in [-0.2, -0.15) is 0 Å². The van der Waals surface area contributed by atoms with Gasteiger partial charge < -0.3 is 15.0 Å². The molecule has 8 heteroatoms. The van der Waals surface area contributed by atoms with Gasteiger partial charge in [-0.3, -0.25) is 14.9 Å². The van der Waals surface area contributed by atoms with Crippen LogP contribution in [-0.4, -0.2) is 30.6 Å². The molecule has 0 fully saturated rings. The number of nitrogens with one attached hydrogen (secondary N) is 2. The van der Waals surface area contributed by atoms with Crippen molar-refractivity contribution >= 4 is 50.8 Å². The normalized spacial score (nSPS) is 10.6. The molecule has 0 atom stereocenters. The van der Waals surface area contributed by atoms with Crippen molar-refractivity contribution in [1.82, 2.24) is 10.6 Å². The van der Waals surface area contributed by atoms with Crippen LogP contribution in [0.4, 0.5) is 5.69 Å². The maximum absolute atomic E-state index is 12.9. The quantitative estimate of drug-likeness (QED) is 0.312. The number of benzene rings is 3. The van der Waals surface area contributed by atoms with E-state index >= 15 is 0 Å². The number of ether oxygens (including phenoxy) is 1. The van der Waals surface area contributed by atoms with Gasteiger partial charge in [0.25, 0.3) is 11.8 Å². The molecule has 0 aliphatic heterocycles. The Bertz CT molecular complexity index is 1220. The molecule has 0 heterocycles. The summed E-state index contributed by atoms with van der Waals surface area (Å²) in [4.78, 5) is 27.4. The highest BCUT2D eigenvalue weighted by Gasteiger charge is 2.19. The van der Waals surface area contributed by atoms with Crippen LogP contribution >= 0.6 is 28.1 Å². The summed E-state index contributed by atoms with van der Waals surface area (Å²) in [5.41, 5.74) is 2.48. The van der Waals surface area contributed by atoms with Gasteiger partial charge in [-0.05, 0) is 76.4 Å². The molecule has 0 aliphatic rings. The fourth-order valence-corrected chi connectivity index (χ4v) is 4.04. The SMILES string of the molecule is CC(C)CCOc1ccc(C(=O)NC(=S)N(C)c2ccccc2C(=O)NCc2ccccc2)cc1Br. The van der Waals surface area contributed by atoms with Gasteiger partial charge in [0.15, 0.2) is 5.11 Å². The first-order valence-electron chi connectivity index (χ1n) is 11.7. The average molecular weight is 569 g/mol. The first kappa shape index (κ1) is 27.4. The molecule has 3 aromatic carbocycles. The lowest BCUT2D eigenvalue weighted by molar-refractivity contribution is 0.0949. The zero-order chi connectivity index (χ0) is 26.1. The zero-order valence-corrected chi connectivity index (χ0v) is 23.0. The number of anilines is 1. The van der Waals surface area contributed by atoms with Gasteiger partial charge in [-0.1, -0.05) is 56.3 Å². The van der Waals surface area contributed by atoms with Crippen molar-refractivity contribution in [1.29, 1.82) is 0 Å². The highest BCUT2D eigenvalue weighted by Crippen LogP contribution is 2.26. The number of carbonyl (C=O) groups excluding carboxylic acids is 2. The number of carbonyl (C=O) groups is 2. The Morgan fingerprint density at radius 1 is 1.00 bits per heavy atom. The van der Waals surface area contributed by atoms with Gasteiger partial charge in [0, 0.05) is 19.2 Å². The summed E-state index contributed by atoms with van der Waals surface area (Å²) < 4.78 is 6.49. The van der Waals surface area contributed by atoms with E-state index in [4.69, 9.17) is 17.0 Å². The van der Waals surface area contributed by atoms with E-state index in [1.807, 2.05) is 36.4 Å². The van der Waals surface area contributed by atoms with E-state index in [2.05, 4.69) is 40.4 Å². The van der Waals surface area contributed by atoms with Crippen molar-refractivity contribution in [3.8, 4) is 5.75 Å². The molecule has 0 saturated heterocycles. The molecule has 0 aliphatic carbocycles. The van der Waals surface area contributed by atoms with Crippen LogP contribution in [0, 0.1) is 5.92 Å². The Balaban J connectivity index is 1.64. The summed E-state index contributed by atoms with van der Waals surface area (Å²) in [6.45, 7) is 5.29. The lowest BCUT2D eigenvalue weighted by Gasteiger charge is -2.23. The molecule has 36 heavy (non-hydrogen) atoms. The summed E-state index contributed by atoms with van der Waals surface area (Å²) >= 11 is 8.97. The molecular weight excluding hydrogens is 538 g/mol. The Morgan fingerprint density at radius 2 is 1.69 bits per heavy atom. The maximum Gasteiger partial charge on any atom is 0.257 e. The molecular formula is C28H30BrN3O3S. The molecule has 0 aromatic heterocycles. The Morgan fingerprint density at radius 3 is 2.39 bits per heavy atom. The Labute approximate surface area is 226 Å². The monoisotopic (exact) mass is 567 g/mol. The van der Waals surface area contributed by atoms with Crippen molar-refractivity contribution in [3.05, 3.63) is 94.0 Å². The molecule has 188 valence electrons. The first-order chi connectivity index (χ1) is 17.3. The van der Waals surface area contributed by atoms with Gasteiger partial charge in [0.1, 0.15) is 5.75 Å². The fraction of sp³-hybridized carbons (Fsp3) is 0.250. The standard InChI is InChI=1S/C28H30BrN3O3S/c1-19(2)15-16-35-25-14-13-21(17-23(25)29)26(33)31-28(36)32(3)24-12-8-7-11-22(24)27(34)30-18-20-9-5-4-6-10-20/h4-14,17,19H,15-16,18H2,1-3H3,(H,30,34)(H,31,33,36). The molecule has 0 saturated carbocycles. The van der Waals surface area contributed by atoms with Crippen LogP contribution in [0.1, 0.15) is 46.5 Å². The third-order valence-corrected chi connectivity index (χ3v) is 6.47. The first-order valence-corrected chi connectivity index (χ1v) is 12.9. The van der Waals surface area contributed by atoms with E-state index < -0.39 is 0 Å². The summed E-state index contributed by atoms with van der Waals surface area (Å²) in [6.07, 6.45) is 0.945. The zero-order valence-electron chi connectivity index (χ0n) is 20.6. The molecule has 3 aromatic rings. The predicted molar refractivity (Wildman–Crippen MR) is 152 cm³/mol. The van der Waals surface area contributed by atoms with Crippen molar-refractivity contribution in [2.24, 2.45) is 5.92 Å². The lowest BCUT2D eigenvalue weighted by atomic mass is 10.1. The number of rotatable bonds is 9. The van der Waals surface area contributed by atoms with E-state index in [1.54, 1.807) is 48.3 Å². The third kappa shape index (κ3) is 7.63. The predicted octanol–water partition coefficient (Wildman–Crippen LogP) is 5.96. The number of nitrogens with zero attached hydrogens (tertiary/aromatic N) is 1. The fourth-order valence-electron chi connectivity index (χ4n) is 3.36. The molecule has 0 radical (unpaired) electrons. The van der Waals surface area contributed by atoms with E-state index in [0.29, 0.717) is 46.1 Å². The number of hydrogen-bond donors (Lipinski definition) is 2. The minimum absolute atomic E-state index is 0.177. The number of halogens is 1. The second-order valence-electron chi connectivity index (χ2n) is 8.68. The highest BCUT2D eigenvalue weighted by atomic mass is 79.9. The molecule has 0 bridgehead atoms. The van der Waals surface area contributed by atoms with E-state index in [0.717, 1.165) is 12.0 Å². The van der Waals surface area contributed by atoms with Crippen LogP contribution in [0.15, 0.2) is 77.3 Å². The van der Waals surface area contributed by atoms with Crippen LogP contribution < -0.4 is 20.3 Å². The summed E-state index contributed by atoms with van der Waals surface area (Å²) in [5, 5.41) is 5.86. The minimum Gasteiger partial charge on any atom is -0.492 e. The van der Waals surface area contributed by atoms with Gasteiger partial charge in [-0.25, -0.2) is 0 Å². The van der Waals surface area contributed by atoms with Crippen LogP contribution in [0.5, 0.6) is 5.75 Å². The van der Waals surface area contributed by atoms with Crippen LogP contribution in [-0.2, 0) is 6.54 Å². The number of thiocarbonyl (C=S) groups is 1. The van der Waals surface area contributed by atoms with E-state index in [1.165, 1.54) is 0 Å². The highest BCUT2D eigenvalue weighted by molar-refractivity contribution is 9.10. The van der Waals surface area contributed by atoms with Crippen LogP contribution in [0.2, 0.25) is 0 Å². The number of hydrogen-bond acceptors (Lipinski definition) is 4. The average Bonchev–Trinajstić information content (AvgIpc) is 2.88. The smallest absolute Gasteiger partial charge is 0.257 e. The van der Waals surface area contributed by atoms with Gasteiger partial charge in [-0.15, -0.1) is 0 Å². The summed E-state index contributed by atoms with van der Waals surface area (Å²) in [6, 6.07) is 22.0. The van der Waals surface area contributed by atoms with Gasteiger partial charge >= 0.3 is 0 Å². The van der Waals surface area contributed by atoms with E-state index in [-0.39, 0.29) is 16.9 Å².